The predicted octanol–water partition coefficient (Wildman–Crippen LogP) is 3.89. The lowest BCUT2D eigenvalue weighted by Crippen LogP contribution is -2.55. The van der Waals surface area contributed by atoms with Crippen LogP contribution < -0.4 is 0 Å². The monoisotopic (exact) mass is 301 g/mol. The van der Waals surface area contributed by atoms with Crippen LogP contribution in [-0.2, 0) is 6.42 Å². The number of halogens is 2. The van der Waals surface area contributed by atoms with Crippen molar-refractivity contribution in [3.05, 3.63) is 34.6 Å². The van der Waals surface area contributed by atoms with Gasteiger partial charge in [0.1, 0.15) is 5.82 Å². The maximum atomic E-state index is 13.8. The highest BCUT2D eigenvalue weighted by molar-refractivity contribution is 6.30. The van der Waals surface area contributed by atoms with Crippen molar-refractivity contribution < 1.29 is 9.50 Å². The van der Waals surface area contributed by atoms with Gasteiger partial charge in [0.2, 0.25) is 0 Å². The van der Waals surface area contributed by atoms with Gasteiger partial charge in [0, 0.05) is 17.0 Å². The number of aliphatic hydroxyl groups is 1. The van der Waals surface area contributed by atoms with Crippen LogP contribution in [0.1, 0.15) is 39.7 Å². The van der Waals surface area contributed by atoms with E-state index in [4.69, 9.17) is 11.6 Å². The van der Waals surface area contributed by atoms with E-state index >= 15 is 0 Å². The molecule has 0 bridgehead atoms. The molecule has 0 amide bonds. The number of likely N-dealkylation sites (N-methyl/N-ethyl adjacent to an activating group) is 1. The summed E-state index contributed by atoms with van der Waals surface area (Å²) in [6, 6.07) is 4.47. The summed E-state index contributed by atoms with van der Waals surface area (Å²) >= 11 is 5.91. The van der Waals surface area contributed by atoms with Gasteiger partial charge in [-0.05, 0) is 50.2 Å². The lowest BCUT2D eigenvalue weighted by Gasteiger charge is -2.43. The summed E-state index contributed by atoms with van der Waals surface area (Å²) in [6.07, 6.45) is 0.436. The molecule has 4 heteroatoms. The summed E-state index contributed by atoms with van der Waals surface area (Å²) < 4.78 is 13.8. The van der Waals surface area contributed by atoms with Crippen molar-refractivity contribution in [3.63, 3.8) is 0 Å². The fourth-order valence-electron chi connectivity index (χ4n) is 2.74. The fourth-order valence-corrected chi connectivity index (χ4v) is 2.94. The smallest absolute Gasteiger partial charge is 0.126 e. The molecule has 0 radical (unpaired) electrons. The van der Waals surface area contributed by atoms with Crippen molar-refractivity contribution in [2.75, 3.05) is 13.1 Å². The number of hydrogen-bond acceptors (Lipinski definition) is 2. The zero-order valence-corrected chi connectivity index (χ0v) is 13.5. The molecule has 0 heterocycles. The molecule has 0 fully saturated rings. The van der Waals surface area contributed by atoms with E-state index in [2.05, 4.69) is 25.7 Å². The molecule has 1 aromatic carbocycles. The molecule has 0 saturated heterocycles. The van der Waals surface area contributed by atoms with Crippen LogP contribution in [0.15, 0.2) is 18.2 Å². The van der Waals surface area contributed by atoms with E-state index in [1.807, 2.05) is 6.92 Å². The van der Waals surface area contributed by atoms with E-state index in [1.54, 1.807) is 6.07 Å². The number of nitrogens with zero attached hydrogens (tertiary/aromatic N) is 1. The fraction of sp³-hybridized carbons (Fsp3) is 0.625. The number of aliphatic hydroxyl groups excluding tert-OH is 1. The normalized spacial score (nSPS) is 16.2. The largest absolute Gasteiger partial charge is 0.391 e. The Morgan fingerprint density at radius 1 is 1.30 bits per heavy atom. The number of rotatable bonds is 7. The number of hydrogen-bond donors (Lipinski definition) is 1. The average molecular weight is 302 g/mol. The summed E-state index contributed by atoms with van der Waals surface area (Å²) in [5, 5.41) is 11.1. The van der Waals surface area contributed by atoms with E-state index in [0.29, 0.717) is 10.6 Å². The molecule has 0 aromatic heterocycles. The third-order valence-corrected chi connectivity index (χ3v) is 4.58. The zero-order valence-electron chi connectivity index (χ0n) is 12.8. The minimum Gasteiger partial charge on any atom is -0.391 e. The Morgan fingerprint density at radius 3 is 2.40 bits per heavy atom. The quantitative estimate of drug-likeness (QED) is 0.826. The van der Waals surface area contributed by atoms with Crippen molar-refractivity contribution in [2.24, 2.45) is 0 Å². The van der Waals surface area contributed by atoms with E-state index < -0.39 is 6.10 Å². The molecule has 2 unspecified atom stereocenters. The zero-order chi connectivity index (χ0) is 15.3. The first-order chi connectivity index (χ1) is 9.38. The highest BCUT2D eigenvalue weighted by atomic mass is 35.5. The molecular formula is C16H25ClFNO. The Balaban J connectivity index is 2.97. The van der Waals surface area contributed by atoms with Crippen LogP contribution in [0.3, 0.4) is 0 Å². The van der Waals surface area contributed by atoms with Gasteiger partial charge >= 0.3 is 0 Å². The molecular weight excluding hydrogens is 277 g/mol. The molecule has 0 aliphatic carbocycles. The Kier molecular flexibility index (Phi) is 6.44. The first-order valence-electron chi connectivity index (χ1n) is 7.26. The lowest BCUT2D eigenvalue weighted by atomic mass is 9.85. The van der Waals surface area contributed by atoms with Gasteiger partial charge in [-0.3, -0.25) is 4.90 Å². The second kappa shape index (κ2) is 7.39. The Hall–Kier alpha value is -0.640. The summed E-state index contributed by atoms with van der Waals surface area (Å²) in [4.78, 5) is 2.22. The van der Waals surface area contributed by atoms with Crippen LogP contribution in [0.4, 0.5) is 4.39 Å². The summed E-state index contributed by atoms with van der Waals surface area (Å²) in [5.74, 6) is -0.313. The van der Waals surface area contributed by atoms with Crippen LogP contribution in [-0.4, -0.2) is 34.7 Å². The van der Waals surface area contributed by atoms with Gasteiger partial charge < -0.3 is 5.11 Å². The third-order valence-electron chi connectivity index (χ3n) is 4.34. The molecule has 20 heavy (non-hydrogen) atoms. The van der Waals surface area contributed by atoms with Gasteiger partial charge in [0.05, 0.1) is 6.10 Å². The van der Waals surface area contributed by atoms with Crippen LogP contribution >= 0.6 is 11.6 Å². The first-order valence-corrected chi connectivity index (χ1v) is 7.63. The molecule has 1 rings (SSSR count). The van der Waals surface area contributed by atoms with Crippen molar-refractivity contribution in [2.45, 2.75) is 52.2 Å². The van der Waals surface area contributed by atoms with E-state index in [1.165, 1.54) is 12.1 Å². The van der Waals surface area contributed by atoms with E-state index in [9.17, 15) is 9.50 Å². The predicted molar refractivity (Wildman–Crippen MR) is 82.7 cm³/mol. The molecule has 0 saturated carbocycles. The van der Waals surface area contributed by atoms with E-state index in [0.717, 1.165) is 19.5 Å². The van der Waals surface area contributed by atoms with Gasteiger partial charge in [0.25, 0.3) is 0 Å². The standard InChI is InChI=1S/C16H25ClFNO/c1-5-16(4,19(6-2)7-3)15(20)11-12-10-13(17)8-9-14(12)18/h8-10,15,20H,5-7,11H2,1-4H3. The molecule has 1 aromatic rings. The highest BCUT2D eigenvalue weighted by Gasteiger charge is 2.36. The van der Waals surface area contributed by atoms with Crippen molar-refractivity contribution >= 4 is 11.6 Å². The SMILES string of the molecule is CCN(CC)C(C)(CC)C(O)Cc1cc(Cl)ccc1F. The Morgan fingerprint density at radius 2 is 1.90 bits per heavy atom. The molecule has 0 aliphatic heterocycles. The first kappa shape index (κ1) is 17.4. The Labute approximate surface area is 126 Å². The molecule has 2 nitrogen and oxygen atoms in total. The van der Waals surface area contributed by atoms with Crippen molar-refractivity contribution in [1.82, 2.24) is 4.90 Å². The van der Waals surface area contributed by atoms with Crippen LogP contribution in [0.5, 0.6) is 0 Å². The second-order valence-electron chi connectivity index (χ2n) is 5.34. The van der Waals surface area contributed by atoms with Gasteiger partial charge in [-0.15, -0.1) is 0 Å². The summed E-state index contributed by atoms with van der Waals surface area (Å²) in [7, 11) is 0. The molecule has 0 aliphatic rings. The van der Waals surface area contributed by atoms with Crippen LogP contribution in [0.2, 0.25) is 5.02 Å². The van der Waals surface area contributed by atoms with Gasteiger partial charge in [0.15, 0.2) is 0 Å². The van der Waals surface area contributed by atoms with E-state index in [-0.39, 0.29) is 17.8 Å². The van der Waals surface area contributed by atoms with Crippen molar-refractivity contribution in [3.8, 4) is 0 Å². The maximum Gasteiger partial charge on any atom is 0.126 e. The lowest BCUT2D eigenvalue weighted by molar-refractivity contribution is -0.0193. The average Bonchev–Trinajstić information content (AvgIpc) is 2.43. The third kappa shape index (κ3) is 3.72. The molecule has 0 spiro atoms. The topological polar surface area (TPSA) is 23.5 Å². The second-order valence-corrected chi connectivity index (χ2v) is 5.78. The van der Waals surface area contributed by atoms with Gasteiger partial charge in [-0.25, -0.2) is 4.39 Å². The Bertz CT molecular complexity index is 436. The minimum atomic E-state index is -0.639. The van der Waals surface area contributed by atoms with Gasteiger partial charge in [-0.2, -0.15) is 0 Å². The minimum absolute atomic E-state index is 0.271. The molecule has 114 valence electrons. The maximum absolute atomic E-state index is 13.8. The van der Waals surface area contributed by atoms with Crippen LogP contribution in [0, 0.1) is 5.82 Å². The van der Waals surface area contributed by atoms with Crippen LogP contribution in [0.25, 0.3) is 0 Å². The molecule has 2 atom stereocenters. The molecule has 1 N–H and O–H groups in total. The summed E-state index contributed by atoms with van der Waals surface area (Å²) in [6.45, 7) is 9.95. The highest BCUT2D eigenvalue weighted by Crippen LogP contribution is 2.27. The number of benzene rings is 1. The van der Waals surface area contributed by atoms with Gasteiger partial charge in [-0.1, -0.05) is 32.4 Å². The summed E-state index contributed by atoms with van der Waals surface area (Å²) in [5.41, 5.74) is 0.106. The van der Waals surface area contributed by atoms with Crippen molar-refractivity contribution in [1.29, 1.82) is 0 Å².